The molecule has 1 amide bonds. The van der Waals surface area contributed by atoms with Crippen LogP contribution in [-0.2, 0) is 4.79 Å². The van der Waals surface area contributed by atoms with E-state index < -0.39 is 5.54 Å². The lowest BCUT2D eigenvalue weighted by molar-refractivity contribution is -0.130. The minimum atomic E-state index is -0.585. The van der Waals surface area contributed by atoms with Crippen LogP contribution < -0.4 is 11.1 Å². The number of amides is 1. The van der Waals surface area contributed by atoms with Gasteiger partial charge < -0.3 is 11.1 Å². The van der Waals surface area contributed by atoms with Crippen LogP contribution in [0, 0.1) is 5.41 Å². The third-order valence-corrected chi connectivity index (χ3v) is 3.81. The van der Waals surface area contributed by atoms with Gasteiger partial charge in [0.15, 0.2) is 0 Å². The summed E-state index contributed by atoms with van der Waals surface area (Å²) in [5.41, 5.74) is 4.77. The van der Waals surface area contributed by atoms with Crippen molar-refractivity contribution >= 4 is 23.1 Å². The van der Waals surface area contributed by atoms with Gasteiger partial charge in [-0.2, -0.15) is 0 Å². The predicted molar refractivity (Wildman–Crippen MR) is 65.6 cm³/mol. The maximum Gasteiger partial charge on any atom is 0.226 e. The lowest BCUT2D eigenvalue weighted by atomic mass is 9.86. The van der Waals surface area contributed by atoms with Crippen LogP contribution in [0.2, 0.25) is 0 Å². The first-order chi connectivity index (χ1) is 6.78. The molecule has 0 atom stereocenters. The van der Waals surface area contributed by atoms with Crippen molar-refractivity contribution in [3.8, 4) is 0 Å². The first-order valence-electron chi connectivity index (χ1n) is 5.40. The summed E-state index contributed by atoms with van der Waals surface area (Å²) >= 11 is 4.92. The smallest absolute Gasteiger partial charge is 0.226 e. The zero-order valence-electron chi connectivity index (χ0n) is 9.72. The van der Waals surface area contributed by atoms with E-state index in [0.717, 1.165) is 25.7 Å². The van der Waals surface area contributed by atoms with Gasteiger partial charge in [-0.25, -0.2) is 0 Å². The van der Waals surface area contributed by atoms with Gasteiger partial charge in [0.25, 0.3) is 0 Å². The lowest BCUT2D eigenvalue weighted by Crippen LogP contribution is -2.55. The van der Waals surface area contributed by atoms with Crippen LogP contribution >= 0.6 is 12.2 Å². The van der Waals surface area contributed by atoms with Gasteiger partial charge in [0.2, 0.25) is 5.91 Å². The Morgan fingerprint density at radius 2 is 1.87 bits per heavy atom. The summed E-state index contributed by atoms with van der Waals surface area (Å²) in [5, 5.41) is 2.93. The predicted octanol–water partition coefficient (Wildman–Crippen LogP) is 1.75. The summed E-state index contributed by atoms with van der Waals surface area (Å²) < 4.78 is 0. The van der Waals surface area contributed by atoms with Gasteiger partial charge in [-0.15, -0.1) is 0 Å². The second-order valence-corrected chi connectivity index (χ2v) is 5.65. The Morgan fingerprint density at radius 3 is 2.27 bits per heavy atom. The van der Waals surface area contributed by atoms with Gasteiger partial charge in [0.05, 0.1) is 10.5 Å². The highest BCUT2D eigenvalue weighted by molar-refractivity contribution is 7.80. The Hall–Kier alpha value is -0.640. The molecule has 0 spiro atoms. The molecule has 0 aliphatic heterocycles. The zero-order valence-corrected chi connectivity index (χ0v) is 10.5. The van der Waals surface area contributed by atoms with E-state index in [4.69, 9.17) is 18.0 Å². The molecule has 3 nitrogen and oxygen atoms in total. The largest absolute Gasteiger partial charge is 0.391 e. The van der Waals surface area contributed by atoms with Crippen molar-refractivity contribution in [1.82, 2.24) is 5.32 Å². The molecule has 86 valence electrons. The summed E-state index contributed by atoms with van der Waals surface area (Å²) in [6, 6.07) is 0. The first kappa shape index (κ1) is 12.4. The van der Waals surface area contributed by atoms with Gasteiger partial charge in [-0.3, -0.25) is 4.79 Å². The summed E-state index contributed by atoms with van der Waals surface area (Å²) in [4.78, 5) is 12.4. The molecule has 1 aliphatic carbocycles. The Labute approximate surface area is 96.8 Å². The van der Waals surface area contributed by atoms with Crippen LogP contribution in [-0.4, -0.2) is 16.4 Å². The third kappa shape index (κ3) is 2.68. The third-order valence-electron chi connectivity index (χ3n) is 3.30. The Bertz CT molecular complexity index is 280. The molecule has 0 unspecified atom stereocenters. The van der Waals surface area contributed by atoms with Gasteiger partial charge >= 0.3 is 0 Å². The van der Waals surface area contributed by atoms with Crippen LogP contribution in [0.5, 0.6) is 0 Å². The Morgan fingerprint density at radius 1 is 1.40 bits per heavy atom. The van der Waals surface area contributed by atoms with E-state index in [-0.39, 0.29) is 11.3 Å². The summed E-state index contributed by atoms with van der Waals surface area (Å²) in [5.74, 6) is 0.0813. The van der Waals surface area contributed by atoms with Gasteiger partial charge in [0.1, 0.15) is 0 Å². The van der Waals surface area contributed by atoms with Crippen molar-refractivity contribution in [3.63, 3.8) is 0 Å². The summed E-state index contributed by atoms with van der Waals surface area (Å²) in [7, 11) is 0. The molecule has 0 bridgehead atoms. The van der Waals surface area contributed by atoms with Crippen molar-refractivity contribution in [1.29, 1.82) is 0 Å². The van der Waals surface area contributed by atoms with Gasteiger partial charge in [-0.1, -0.05) is 32.0 Å². The molecule has 1 rings (SSSR count). The van der Waals surface area contributed by atoms with Crippen molar-refractivity contribution in [2.24, 2.45) is 11.1 Å². The normalized spacial score (nSPS) is 19.9. The van der Waals surface area contributed by atoms with E-state index in [1.54, 1.807) is 0 Å². The Balaban J connectivity index is 2.66. The second-order valence-electron chi connectivity index (χ2n) is 5.21. The highest BCUT2D eigenvalue weighted by Gasteiger charge is 2.38. The lowest BCUT2D eigenvalue weighted by Gasteiger charge is -2.31. The van der Waals surface area contributed by atoms with E-state index >= 15 is 0 Å². The molecule has 1 fully saturated rings. The molecule has 0 aromatic rings. The van der Waals surface area contributed by atoms with Crippen LogP contribution in [0.25, 0.3) is 0 Å². The fourth-order valence-corrected chi connectivity index (χ4v) is 1.93. The highest BCUT2D eigenvalue weighted by Crippen LogP contribution is 2.37. The number of hydrogen-bond acceptors (Lipinski definition) is 2. The van der Waals surface area contributed by atoms with Crippen LogP contribution in [0.15, 0.2) is 0 Å². The van der Waals surface area contributed by atoms with Crippen LogP contribution in [0.1, 0.15) is 46.5 Å². The second kappa shape index (κ2) is 4.08. The molecule has 0 aromatic heterocycles. The molecule has 3 N–H and O–H groups in total. The maximum atomic E-state index is 12.1. The molecule has 0 aromatic carbocycles. The van der Waals surface area contributed by atoms with Crippen molar-refractivity contribution in [2.75, 3.05) is 0 Å². The van der Waals surface area contributed by atoms with Gasteiger partial charge in [-0.05, 0) is 26.7 Å². The Kier molecular flexibility index (Phi) is 3.38. The fraction of sp³-hybridized carbons (Fsp3) is 0.818. The van der Waals surface area contributed by atoms with E-state index in [1.807, 2.05) is 20.8 Å². The molecular formula is C11H20N2OS. The van der Waals surface area contributed by atoms with Crippen LogP contribution in [0.4, 0.5) is 0 Å². The average molecular weight is 228 g/mol. The molecule has 1 saturated carbocycles. The molecule has 0 heterocycles. The topological polar surface area (TPSA) is 55.1 Å². The molecule has 4 heteroatoms. The quantitative estimate of drug-likeness (QED) is 0.724. The van der Waals surface area contributed by atoms with E-state index in [9.17, 15) is 4.79 Å². The highest BCUT2D eigenvalue weighted by atomic mass is 32.1. The standard InChI is InChI=1S/C11H20N2OS/c1-10(2,8(12)15)13-9(14)11(3)6-4-5-7-11/h4-7H2,1-3H3,(H2,12,15)(H,13,14). The molecule has 15 heavy (non-hydrogen) atoms. The average Bonchev–Trinajstić information content (AvgIpc) is 2.52. The van der Waals surface area contributed by atoms with E-state index in [0.29, 0.717) is 4.99 Å². The fourth-order valence-electron chi connectivity index (χ4n) is 1.88. The number of hydrogen-bond donors (Lipinski definition) is 2. The van der Waals surface area contributed by atoms with E-state index in [2.05, 4.69) is 5.32 Å². The minimum Gasteiger partial charge on any atom is -0.391 e. The number of carbonyl (C=O) groups is 1. The SMILES string of the molecule is CC1(C(=O)NC(C)(C)C(N)=S)CCCC1. The maximum absolute atomic E-state index is 12.1. The number of nitrogens with one attached hydrogen (secondary N) is 1. The molecule has 0 saturated heterocycles. The van der Waals surface area contributed by atoms with Crippen molar-refractivity contribution in [3.05, 3.63) is 0 Å². The zero-order chi connectivity index (χ0) is 11.7. The number of carbonyl (C=O) groups excluding carboxylic acids is 1. The molecule has 1 aliphatic rings. The summed E-state index contributed by atoms with van der Waals surface area (Å²) in [6.45, 7) is 5.70. The number of nitrogens with two attached hydrogens (primary N) is 1. The monoisotopic (exact) mass is 228 g/mol. The van der Waals surface area contributed by atoms with E-state index in [1.165, 1.54) is 0 Å². The minimum absolute atomic E-state index is 0.0813. The van der Waals surface area contributed by atoms with Crippen LogP contribution in [0.3, 0.4) is 0 Å². The van der Waals surface area contributed by atoms with Crippen molar-refractivity contribution in [2.45, 2.75) is 52.0 Å². The van der Waals surface area contributed by atoms with Crippen molar-refractivity contribution < 1.29 is 4.79 Å². The number of thiocarbonyl (C=S) groups is 1. The summed E-state index contributed by atoms with van der Waals surface area (Å²) in [6.07, 6.45) is 4.20. The molecule has 0 radical (unpaired) electrons. The van der Waals surface area contributed by atoms with Gasteiger partial charge in [0, 0.05) is 5.41 Å². The number of rotatable bonds is 3. The molecular weight excluding hydrogens is 208 g/mol. The first-order valence-corrected chi connectivity index (χ1v) is 5.81.